The molecule has 2 aromatic heterocycles. The first-order valence-corrected chi connectivity index (χ1v) is 7.86. The predicted molar refractivity (Wildman–Crippen MR) is 87.5 cm³/mol. The van der Waals surface area contributed by atoms with Crippen LogP contribution in [-0.4, -0.2) is 16.5 Å². The van der Waals surface area contributed by atoms with Crippen molar-refractivity contribution in [3.8, 4) is 0 Å². The number of nitrogens with one attached hydrogen (secondary N) is 1. The van der Waals surface area contributed by atoms with Gasteiger partial charge in [-0.25, -0.2) is 9.97 Å². The van der Waals surface area contributed by atoms with Crippen molar-refractivity contribution in [2.24, 2.45) is 0 Å². The Labute approximate surface area is 128 Å². The number of para-hydroxylation sites is 1. The zero-order chi connectivity index (χ0) is 14.5. The van der Waals surface area contributed by atoms with E-state index in [9.17, 15) is 0 Å². The molecule has 3 nitrogen and oxygen atoms in total. The van der Waals surface area contributed by atoms with Gasteiger partial charge in [0.2, 0.25) is 0 Å². The molecule has 0 radical (unpaired) electrons. The van der Waals surface area contributed by atoms with Crippen LogP contribution in [0.2, 0.25) is 0 Å². The molecule has 0 spiro atoms. The molecular formula is C17H17N3S. The summed E-state index contributed by atoms with van der Waals surface area (Å²) < 4.78 is 0. The van der Waals surface area contributed by atoms with Gasteiger partial charge in [0, 0.05) is 18.1 Å². The second-order valence-electron chi connectivity index (χ2n) is 4.70. The SMILES string of the molecule is CCNCc1cc2ccccc2nc1Sc1ccccn1. The third kappa shape index (κ3) is 3.40. The molecule has 0 amide bonds. The average molecular weight is 295 g/mol. The monoisotopic (exact) mass is 295 g/mol. The van der Waals surface area contributed by atoms with Crippen molar-refractivity contribution in [2.45, 2.75) is 23.5 Å². The Hall–Kier alpha value is -1.91. The third-order valence-corrected chi connectivity index (χ3v) is 4.17. The lowest BCUT2D eigenvalue weighted by atomic mass is 10.1. The van der Waals surface area contributed by atoms with E-state index in [-0.39, 0.29) is 0 Å². The normalized spacial score (nSPS) is 10.9. The quantitative estimate of drug-likeness (QED) is 0.775. The molecule has 0 saturated carbocycles. The van der Waals surface area contributed by atoms with E-state index in [0.717, 1.165) is 28.7 Å². The minimum Gasteiger partial charge on any atom is -0.313 e. The van der Waals surface area contributed by atoms with Crippen molar-refractivity contribution in [3.05, 3.63) is 60.3 Å². The Bertz CT molecular complexity index is 728. The lowest BCUT2D eigenvalue weighted by Crippen LogP contribution is -2.13. The Balaban J connectivity index is 2.01. The Morgan fingerprint density at radius 1 is 1.10 bits per heavy atom. The molecule has 0 aliphatic rings. The van der Waals surface area contributed by atoms with Gasteiger partial charge in [-0.15, -0.1) is 0 Å². The highest BCUT2D eigenvalue weighted by Crippen LogP contribution is 2.29. The molecule has 0 aliphatic carbocycles. The molecule has 106 valence electrons. The van der Waals surface area contributed by atoms with Gasteiger partial charge >= 0.3 is 0 Å². The van der Waals surface area contributed by atoms with Gasteiger partial charge in [-0.1, -0.05) is 31.2 Å². The van der Waals surface area contributed by atoms with Crippen LogP contribution in [0.1, 0.15) is 12.5 Å². The van der Waals surface area contributed by atoms with E-state index < -0.39 is 0 Å². The molecule has 4 heteroatoms. The molecular weight excluding hydrogens is 278 g/mol. The fraction of sp³-hybridized carbons (Fsp3) is 0.176. The Kier molecular flexibility index (Phi) is 4.48. The van der Waals surface area contributed by atoms with Crippen LogP contribution in [-0.2, 0) is 6.54 Å². The van der Waals surface area contributed by atoms with E-state index in [0.29, 0.717) is 0 Å². The predicted octanol–water partition coefficient (Wildman–Crippen LogP) is 3.89. The molecule has 21 heavy (non-hydrogen) atoms. The Morgan fingerprint density at radius 2 is 1.95 bits per heavy atom. The third-order valence-electron chi connectivity index (χ3n) is 3.17. The van der Waals surface area contributed by atoms with Gasteiger partial charge in [0.1, 0.15) is 10.1 Å². The largest absolute Gasteiger partial charge is 0.313 e. The number of nitrogens with zero attached hydrogens (tertiary/aromatic N) is 2. The Morgan fingerprint density at radius 3 is 2.76 bits per heavy atom. The second kappa shape index (κ2) is 6.70. The zero-order valence-corrected chi connectivity index (χ0v) is 12.7. The van der Waals surface area contributed by atoms with Crippen molar-refractivity contribution >= 4 is 22.7 Å². The van der Waals surface area contributed by atoms with Crippen LogP contribution in [0.5, 0.6) is 0 Å². The first-order valence-electron chi connectivity index (χ1n) is 7.05. The standard InChI is InChI=1S/C17H17N3S/c1-2-18-12-14-11-13-7-3-4-8-15(13)20-17(14)21-16-9-5-6-10-19-16/h3-11,18H,2,12H2,1H3. The van der Waals surface area contributed by atoms with Crippen LogP contribution in [0.25, 0.3) is 10.9 Å². The van der Waals surface area contributed by atoms with Gasteiger partial charge in [-0.05, 0) is 48.1 Å². The lowest BCUT2D eigenvalue weighted by Gasteiger charge is -2.10. The number of hydrogen-bond acceptors (Lipinski definition) is 4. The summed E-state index contributed by atoms with van der Waals surface area (Å²) in [5.74, 6) is 0. The molecule has 0 aliphatic heterocycles. The fourth-order valence-electron chi connectivity index (χ4n) is 2.12. The van der Waals surface area contributed by atoms with Gasteiger partial charge in [0.25, 0.3) is 0 Å². The summed E-state index contributed by atoms with van der Waals surface area (Å²) in [6.07, 6.45) is 1.81. The maximum absolute atomic E-state index is 4.81. The van der Waals surface area contributed by atoms with Gasteiger partial charge < -0.3 is 5.32 Å². The van der Waals surface area contributed by atoms with Gasteiger partial charge in [0.05, 0.1) is 5.52 Å². The topological polar surface area (TPSA) is 37.8 Å². The van der Waals surface area contributed by atoms with Crippen LogP contribution in [0.3, 0.4) is 0 Å². The van der Waals surface area contributed by atoms with E-state index in [4.69, 9.17) is 4.98 Å². The van der Waals surface area contributed by atoms with Crippen LogP contribution in [0.4, 0.5) is 0 Å². The van der Waals surface area contributed by atoms with Crippen molar-refractivity contribution < 1.29 is 0 Å². The maximum Gasteiger partial charge on any atom is 0.107 e. The number of fused-ring (bicyclic) bond motifs is 1. The summed E-state index contributed by atoms with van der Waals surface area (Å²) in [6.45, 7) is 3.88. The van der Waals surface area contributed by atoms with Gasteiger partial charge in [-0.2, -0.15) is 0 Å². The molecule has 1 aromatic carbocycles. The van der Waals surface area contributed by atoms with E-state index in [1.165, 1.54) is 10.9 Å². The first-order chi connectivity index (χ1) is 10.4. The highest BCUT2D eigenvalue weighted by molar-refractivity contribution is 7.99. The molecule has 0 bridgehead atoms. The molecule has 3 aromatic rings. The summed E-state index contributed by atoms with van der Waals surface area (Å²) in [4.78, 5) is 9.18. The average Bonchev–Trinajstić information content (AvgIpc) is 2.54. The number of pyridine rings is 2. The molecule has 0 saturated heterocycles. The second-order valence-corrected chi connectivity index (χ2v) is 5.70. The lowest BCUT2D eigenvalue weighted by molar-refractivity contribution is 0.713. The summed E-state index contributed by atoms with van der Waals surface area (Å²) in [5.41, 5.74) is 2.24. The summed E-state index contributed by atoms with van der Waals surface area (Å²) >= 11 is 1.62. The van der Waals surface area contributed by atoms with E-state index >= 15 is 0 Å². The van der Waals surface area contributed by atoms with E-state index in [2.05, 4.69) is 35.4 Å². The maximum atomic E-state index is 4.81. The summed E-state index contributed by atoms with van der Waals surface area (Å²) in [6, 6.07) is 16.4. The molecule has 0 atom stereocenters. The van der Waals surface area contributed by atoms with Crippen LogP contribution in [0, 0.1) is 0 Å². The number of hydrogen-bond donors (Lipinski definition) is 1. The fourth-order valence-corrected chi connectivity index (χ4v) is 2.99. The van der Waals surface area contributed by atoms with Crippen LogP contribution < -0.4 is 5.32 Å². The smallest absolute Gasteiger partial charge is 0.107 e. The van der Waals surface area contributed by atoms with Crippen molar-refractivity contribution in [1.82, 2.24) is 15.3 Å². The zero-order valence-electron chi connectivity index (χ0n) is 11.9. The molecule has 2 heterocycles. The molecule has 0 fully saturated rings. The minimum atomic E-state index is 0.823. The summed E-state index contributed by atoms with van der Waals surface area (Å²) in [7, 11) is 0. The highest BCUT2D eigenvalue weighted by atomic mass is 32.2. The number of rotatable bonds is 5. The minimum absolute atomic E-state index is 0.823. The van der Waals surface area contributed by atoms with Crippen LogP contribution >= 0.6 is 11.8 Å². The first kappa shape index (κ1) is 14.0. The van der Waals surface area contributed by atoms with Gasteiger partial charge in [-0.3, -0.25) is 0 Å². The highest BCUT2D eigenvalue weighted by Gasteiger charge is 2.09. The van der Waals surface area contributed by atoms with Crippen molar-refractivity contribution in [2.75, 3.05) is 6.54 Å². The van der Waals surface area contributed by atoms with E-state index in [1.54, 1.807) is 11.8 Å². The number of aromatic nitrogens is 2. The molecule has 0 unspecified atom stereocenters. The number of benzene rings is 1. The summed E-state index contributed by atoms with van der Waals surface area (Å²) in [5, 5.41) is 6.55. The molecule has 1 N–H and O–H groups in total. The van der Waals surface area contributed by atoms with Crippen molar-refractivity contribution in [1.29, 1.82) is 0 Å². The molecule has 3 rings (SSSR count). The van der Waals surface area contributed by atoms with E-state index in [1.807, 2.05) is 36.5 Å². The van der Waals surface area contributed by atoms with Crippen molar-refractivity contribution in [3.63, 3.8) is 0 Å². The van der Waals surface area contributed by atoms with Gasteiger partial charge in [0.15, 0.2) is 0 Å². The van der Waals surface area contributed by atoms with Crippen LogP contribution in [0.15, 0.2) is 64.8 Å².